The summed E-state index contributed by atoms with van der Waals surface area (Å²) in [6.45, 7) is 9.56. The lowest BCUT2D eigenvalue weighted by Crippen LogP contribution is -2.56. The first-order valence-electron chi connectivity index (χ1n) is 10.8. The number of hydrogen-bond acceptors (Lipinski definition) is 3. The van der Waals surface area contributed by atoms with E-state index in [0.29, 0.717) is 5.56 Å². The van der Waals surface area contributed by atoms with Crippen molar-refractivity contribution in [1.29, 1.82) is 5.41 Å². The van der Waals surface area contributed by atoms with Gasteiger partial charge in [-0.05, 0) is 50.1 Å². The molecule has 1 unspecified atom stereocenters. The summed E-state index contributed by atoms with van der Waals surface area (Å²) in [6.07, 6.45) is 0. The number of hydrogen-bond donors (Lipinski definition) is 3. The maximum atomic E-state index is 14.5. The summed E-state index contributed by atoms with van der Waals surface area (Å²) in [4.78, 5) is 27.4. The molecular formula is C25H29FN4O2. The van der Waals surface area contributed by atoms with Crippen LogP contribution in [0.1, 0.15) is 68.2 Å². The third-order valence-electron chi connectivity index (χ3n) is 7.36. The highest BCUT2D eigenvalue weighted by atomic mass is 19.1. The van der Waals surface area contributed by atoms with Crippen LogP contribution in [-0.2, 0) is 4.79 Å². The molecule has 4 rings (SSSR count). The summed E-state index contributed by atoms with van der Waals surface area (Å²) in [5.74, 6) is -1.37. The minimum Gasteiger partial charge on any atom is -0.349 e. The topological polar surface area (TPSA) is 85.3 Å². The number of nitrogens with zero attached hydrogens (tertiary/aromatic N) is 1. The molecule has 2 aromatic carbocycles. The fourth-order valence-electron chi connectivity index (χ4n) is 4.95. The molecule has 4 atom stereocenters. The molecule has 0 radical (unpaired) electrons. The van der Waals surface area contributed by atoms with E-state index in [1.165, 1.54) is 17.0 Å². The summed E-state index contributed by atoms with van der Waals surface area (Å²) in [5, 5.41) is 14.5. The van der Waals surface area contributed by atoms with E-state index >= 15 is 0 Å². The van der Waals surface area contributed by atoms with E-state index in [9.17, 15) is 14.0 Å². The van der Waals surface area contributed by atoms with E-state index in [-0.39, 0.29) is 34.8 Å². The van der Waals surface area contributed by atoms with Crippen molar-refractivity contribution >= 4 is 17.8 Å². The van der Waals surface area contributed by atoms with Gasteiger partial charge in [0.1, 0.15) is 5.82 Å². The number of carbonyl (C=O) groups excluding carboxylic acids is 2. The molecule has 1 heterocycles. The maximum Gasteiger partial charge on any atom is 0.251 e. The highest BCUT2D eigenvalue weighted by Gasteiger charge is 2.75. The zero-order valence-corrected chi connectivity index (χ0v) is 19.0. The number of carbonyl (C=O) groups is 2. The van der Waals surface area contributed by atoms with Crippen molar-refractivity contribution < 1.29 is 14.0 Å². The van der Waals surface area contributed by atoms with E-state index in [1.54, 1.807) is 13.0 Å². The van der Waals surface area contributed by atoms with Crippen LogP contribution in [0.3, 0.4) is 0 Å². The normalized spacial score (nSPS) is 25.4. The largest absolute Gasteiger partial charge is 0.349 e. The van der Waals surface area contributed by atoms with E-state index in [1.807, 2.05) is 58.0 Å². The fraction of sp³-hybridized carbons (Fsp3) is 0.400. The average molecular weight is 437 g/mol. The van der Waals surface area contributed by atoms with Crippen LogP contribution in [-0.4, -0.2) is 28.2 Å². The van der Waals surface area contributed by atoms with E-state index in [2.05, 4.69) is 10.6 Å². The zero-order chi connectivity index (χ0) is 23.4. The van der Waals surface area contributed by atoms with E-state index in [0.717, 1.165) is 5.56 Å². The molecular weight excluding hydrogens is 407 g/mol. The third kappa shape index (κ3) is 3.36. The first-order chi connectivity index (χ1) is 15.0. The SMILES string of the molecule is C[C@H](NC(=O)c1cc(F)cc([C@@H](C)N2C(=N)N[C@@]3(C)C(C2=O)C3(C)C)c1)c1ccccc1. The standard InChI is InChI=1S/C25H29FN4O2/c1-14(16-9-7-6-8-10-16)28-21(31)18-11-17(12-19(26)13-18)15(2)30-22(32)20-24(3,4)25(20,5)29-23(30)27/h6-15,20H,1-5H3,(H2,27,29)(H,28,31)/t14-,15+,20?,25-/m0/s1. The Morgan fingerprint density at radius 2 is 1.78 bits per heavy atom. The molecule has 3 N–H and O–H groups in total. The first-order valence-corrected chi connectivity index (χ1v) is 10.8. The molecule has 0 spiro atoms. The zero-order valence-electron chi connectivity index (χ0n) is 19.0. The van der Waals surface area contributed by atoms with Crippen LogP contribution >= 0.6 is 0 Å². The molecule has 6 nitrogen and oxygen atoms in total. The molecule has 168 valence electrons. The van der Waals surface area contributed by atoms with Crippen molar-refractivity contribution in [3.8, 4) is 0 Å². The van der Waals surface area contributed by atoms with Gasteiger partial charge >= 0.3 is 0 Å². The quantitative estimate of drug-likeness (QED) is 0.658. The summed E-state index contributed by atoms with van der Waals surface area (Å²) in [7, 11) is 0. The second-order valence-corrected chi connectivity index (χ2v) is 9.59. The number of benzene rings is 2. The first kappa shape index (κ1) is 22.0. The van der Waals surface area contributed by atoms with Gasteiger partial charge in [0.05, 0.1) is 23.5 Å². The molecule has 1 aliphatic heterocycles. The smallest absolute Gasteiger partial charge is 0.251 e. The van der Waals surface area contributed by atoms with Crippen LogP contribution in [0, 0.1) is 22.6 Å². The predicted molar refractivity (Wildman–Crippen MR) is 121 cm³/mol. The van der Waals surface area contributed by atoms with Crippen LogP contribution in [0.15, 0.2) is 48.5 Å². The molecule has 1 aliphatic carbocycles. The molecule has 2 aliphatic rings. The van der Waals surface area contributed by atoms with Crippen LogP contribution in [0.5, 0.6) is 0 Å². The molecule has 1 saturated carbocycles. The number of rotatable bonds is 5. The van der Waals surface area contributed by atoms with Gasteiger partial charge in [-0.1, -0.05) is 44.2 Å². The Kier molecular flexibility index (Phi) is 5.11. The molecule has 0 aromatic heterocycles. The van der Waals surface area contributed by atoms with Gasteiger partial charge in [0.15, 0.2) is 5.96 Å². The number of halogens is 1. The Balaban J connectivity index is 1.57. The summed E-state index contributed by atoms with van der Waals surface area (Å²) in [6, 6.07) is 12.8. The lowest BCUT2D eigenvalue weighted by Gasteiger charge is -2.36. The lowest BCUT2D eigenvalue weighted by atomic mass is 10.0. The van der Waals surface area contributed by atoms with Gasteiger partial charge in [-0.3, -0.25) is 19.9 Å². The third-order valence-corrected chi connectivity index (χ3v) is 7.36. The lowest BCUT2D eigenvalue weighted by molar-refractivity contribution is -0.132. The molecule has 0 bridgehead atoms. The Morgan fingerprint density at radius 3 is 2.44 bits per heavy atom. The predicted octanol–water partition coefficient (Wildman–Crippen LogP) is 4.16. The second kappa shape index (κ2) is 7.43. The van der Waals surface area contributed by atoms with Crippen molar-refractivity contribution in [2.75, 3.05) is 0 Å². The highest BCUT2D eigenvalue weighted by Crippen LogP contribution is 2.63. The van der Waals surface area contributed by atoms with Crippen molar-refractivity contribution in [2.24, 2.45) is 11.3 Å². The Hall–Kier alpha value is -3.22. The molecule has 1 saturated heterocycles. The Labute approximate surface area is 187 Å². The minimum absolute atomic E-state index is 0.000197. The molecule has 2 fully saturated rings. The van der Waals surface area contributed by atoms with Gasteiger partial charge in [0.25, 0.3) is 5.91 Å². The molecule has 2 aromatic rings. The van der Waals surface area contributed by atoms with Gasteiger partial charge in [0.2, 0.25) is 5.91 Å². The Morgan fingerprint density at radius 1 is 1.12 bits per heavy atom. The molecule has 32 heavy (non-hydrogen) atoms. The van der Waals surface area contributed by atoms with Gasteiger partial charge in [-0.15, -0.1) is 0 Å². The van der Waals surface area contributed by atoms with Gasteiger partial charge < -0.3 is 10.6 Å². The molecule has 2 amide bonds. The summed E-state index contributed by atoms with van der Waals surface area (Å²) < 4.78 is 14.5. The van der Waals surface area contributed by atoms with Crippen molar-refractivity contribution in [1.82, 2.24) is 15.5 Å². The van der Waals surface area contributed by atoms with Crippen molar-refractivity contribution in [2.45, 2.75) is 52.2 Å². The second-order valence-electron chi connectivity index (χ2n) is 9.59. The van der Waals surface area contributed by atoms with Crippen LogP contribution in [0.2, 0.25) is 0 Å². The molecule has 7 heteroatoms. The van der Waals surface area contributed by atoms with E-state index in [4.69, 9.17) is 5.41 Å². The van der Waals surface area contributed by atoms with Gasteiger partial charge in [0, 0.05) is 11.0 Å². The van der Waals surface area contributed by atoms with Crippen LogP contribution < -0.4 is 10.6 Å². The Bertz CT molecular complexity index is 1100. The monoisotopic (exact) mass is 436 g/mol. The minimum atomic E-state index is -0.600. The van der Waals surface area contributed by atoms with Gasteiger partial charge in [-0.25, -0.2) is 4.39 Å². The fourth-order valence-corrected chi connectivity index (χ4v) is 4.95. The number of fused-ring (bicyclic) bond motifs is 1. The summed E-state index contributed by atoms with van der Waals surface area (Å²) in [5.41, 5.74) is 0.864. The average Bonchev–Trinajstić information content (AvgIpc) is 3.19. The van der Waals surface area contributed by atoms with E-state index < -0.39 is 23.3 Å². The van der Waals surface area contributed by atoms with Crippen molar-refractivity contribution in [3.05, 3.63) is 71.0 Å². The van der Waals surface area contributed by atoms with Crippen LogP contribution in [0.25, 0.3) is 0 Å². The summed E-state index contributed by atoms with van der Waals surface area (Å²) >= 11 is 0. The number of guanidine groups is 1. The maximum absolute atomic E-state index is 14.5. The number of amides is 2. The van der Waals surface area contributed by atoms with Gasteiger partial charge in [-0.2, -0.15) is 0 Å². The number of nitrogens with one attached hydrogen (secondary N) is 3. The highest BCUT2D eigenvalue weighted by molar-refractivity contribution is 6.04. The van der Waals surface area contributed by atoms with Crippen LogP contribution in [0.4, 0.5) is 4.39 Å². The van der Waals surface area contributed by atoms with Crippen molar-refractivity contribution in [3.63, 3.8) is 0 Å².